The number of nitrogens with two attached hydrogens (primary N) is 1. The van der Waals surface area contributed by atoms with E-state index < -0.39 is 0 Å². The highest BCUT2D eigenvalue weighted by Gasteiger charge is 2.08. The Bertz CT molecular complexity index is 806. The summed E-state index contributed by atoms with van der Waals surface area (Å²) in [5.41, 5.74) is 7.67. The molecule has 0 spiro atoms. The second-order valence-electron chi connectivity index (χ2n) is 4.21. The van der Waals surface area contributed by atoms with Crippen LogP contribution in [0.5, 0.6) is 0 Å². The van der Waals surface area contributed by atoms with Crippen LogP contribution in [0.1, 0.15) is 5.56 Å². The maximum atomic E-state index is 12.1. The van der Waals surface area contributed by atoms with Gasteiger partial charge in [0, 0.05) is 16.9 Å². The van der Waals surface area contributed by atoms with Gasteiger partial charge in [0.1, 0.15) is 0 Å². The summed E-state index contributed by atoms with van der Waals surface area (Å²) in [7, 11) is 0. The van der Waals surface area contributed by atoms with Crippen LogP contribution in [0.15, 0.2) is 47.4 Å². The molecule has 0 saturated carbocycles. The highest BCUT2D eigenvalue weighted by atomic mass is 35.5. The van der Waals surface area contributed by atoms with Crippen LogP contribution in [-0.2, 0) is 6.54 Å². The number of hydrogen-bond donors (Lipinski definition) is 1. The first kappa shape index (κ1) is 11.8. The van der Waals surface area contributed by atoms with E-state index in [1.54, 1.807) is 36.5 Å². The van der Waals surface area contributed by atoms with Gasteiger partial charge in [0.15, 0.2) is 5.65 Å². The number of fused-ring (bicyclic) bond motifs is 1. The summed E-state index contributed by atoms with van der Waals surface area (Å²) in [6.45, 7) is 0.323. The van der Waals surface area contributed by atoms with Crippen molar-refractivity contribution >= 4 is 22.9 Å². The van der Waals surface area contributed by atoms with Gasteiger partial charge in [-0.15, -0.1) is 5.10 Å². The lowest BCUT2D eigenvalue weighted by molar-refractivity contribution is 0.660. The number of benzene rings is 1. The standard InChI is InChI=1S/C13H11ClN4O/c14-10-5-4-9(11(15)7-10)8-18-13(19)17-6-2-1-3-12(17)16-18/h1-7H,8,15H2. The minimum atomic E-state index is -0.190. The summed E-state index contributed by atoms with van der Waals surface area (Å²) in [6.07, 6.45) is 1.69. The zero-order valence-electron chi connectivity index (χ0n) is 9.95. The Morgan fingerprint density at radius 1 is 1.26 bits per heavy atom. The molecule has 0 aliphatic rings. The molecular formula is C13H11ClN4O. The first-order chi connectivity index (χ1) is 9.15. The van der Waals surface area contributed by atoms with E-state index in [0.717, 1.165) is 5.56 Å². The Labute approximate surface area is 113 Å². The molecule has 0 amide bonds. The number of halogens is 1. The highest BCUT2D eigenvalue weighted by molar-refractivity contribution is 6.30. The zero-order valence-corrected chi connectivity index (χ0v) is 10.7. The highest BCUT2D eigenvalue weighted by Crippen LogP contribution is 2.18. The Morgan fingerprint density at radius 2 is 2.11 bits per heavy atom. The van der Waals surface area contributed by atoms with Crippen molar-refractivity contribution in [2.75, 3.05) is 5.73 Å². The van der Waals surface area contributed by atoms with Crippen molar-refractivity contribution in [1.82, 2.24) is 14.2 Å². The minimum absolute atomic E-state index is 0.190. The van der Waals surface area contributed by atoms with Gasteiger partial charge in [-0.1, -0.05) is 23.7 Å². The first-order valence-corrected chi connectivity index (χ1v) is 6.11. The molecule has 2 N–H and O–H groups in total. The fraction of sp³-hybridized carbons (Fsp3) is 0.0769. The first-order valence-electron chi connectivity index (χ1n) is 5.73. The molecule has 0 unspecified atom stereocenters. The minimum Gasteiger partial charge on any atom is -0.398 e. The van der Waals surface area contributed by atoms with Crippen LogP contribution in [0, 0.1) is 0 Å². The van der Waals surface area contributed by atoms with Gasteiger partial charge in [0.2, 0.25) is 0 Å². The summed E-state index contributed by atoms with van der Waals surface area (Å²) in [5, 5.41) is 4.82. The number of nitrogens with zero attached hydrogens (tertiary/aromatic N) is 3. The fourth-order valence-electron chi connectivity index (χ4n) is 1.94. The molecule has 6 heteroatoms. The van der Waals surface area contributed by atoms with Gasteiger partial charge in [-0.05, 0) is 29.8 Å². The predicted molar refractivity (Wildman–Crippen MR) is 74.4 cm³/mol. The molecule has 2 aromatic heterocycles. The average molecular weight is 275 g/mol. The Hall–Kier alpha value is -2.27. The summed E-state index contributed by atoms with van der Waals surface area (Å²) in [4.78, 5) is 12.1. The van der Waals surface area contributed by atoms with Gasteiger partial charge in [-0.25, -0.2) is 9.48 Å². The predicted octanol–water partition coefficient (Wildman–Crippen LogP) is 1.78. The van der Waals surface area contributed by atoms with Gasteiger partial charge in [-0.2, -0.15) is 0 Å². The number of aromatic nitrogens is 3. The van der Waals surface area contributed by atoms with Gasteiger partial charge in [0.05, 0.1) is 6.54 Å². The molecule has 0 bridgehead atoms. The van der Waals surface area contributed by atoms with Crippen molar-refractivity contribution in [2.45, 2.75) is 6.54 Å². The van der Waals surface area contributed by atoms with Crippen LogP contribution >= 0.6 is 11.6 Å². The van der Waals surface area contributed by atoms with Gasteiger partial charge in [-0.3, -0.25) is 4.40 Å². The van der Waals surface area contributed by atoms with Crippen LogP contribution in [0.25, 0.3) is 5.65 Å². The lowest BCUT2D eigenvalue weighted by atomic mass is 10.2. The maximum Gasteiger partial charge on any atom is 0.350 e. The van der Waals surface area contributed by atoms with E-state index in [4.69, 9.17) is 17.3 Å². The molecule has 2 heterocycles. The van der Waals surface area contributed by atoms with Crippen molar-refractivity contribution in [3.63, 3.8) is 0 Å². The van der Waals surface area contributed by atoms with Crippen molar-refractivity contribution in [2.24, 2.45) is 0 Å². The van der Waals surface area contributed by atoms with Crippen molar-refractivity contribution in [3.8, 4) is 0 Å². The van der Waals surface area contributed by atoms with Crippen LogP contribution in [0.2, 0.25) is 5.02 Å². The summed E-state index contributed by atoms with van der Waals surface area (Å²) in [6, 6.07) is 10.6. The number of rotatable bonds is 2. The topological polar surface area (TPSA) is 65.3 Å². The molecule has 19 heavy (non-hydrogen) atoms. The third kappa shape index (κ3) is 2.08. The Kier molecular flexibility index (Phi) is 2.76. The maximum absolute atomic E-state index is 12.1. The largest absolute Gasteiger partial charge is 0.398 e. The van der Waals surface area contributed by atoms with Crippen molar-refractivity contribution in [3.05, 3.63) is 63.7 Å². The van der Waals surface area contributed by atoms with Crippen molar-refractivity contribution < 1.29 is 0 Å². The number of hydrogen-bond acceptors (Lipinski definition) is 3. The van der Waals surface area contributed by atoms with E-state index in [1.165, 1.54) is 9.08 Å². The van der Waals surface area contributed by atoms with Gasteiger partial charge < -0.3 is 5.73 Å². The average Bonchev–Trinajstić information content (AvgIpc) is 2.70. The van der Waals surface area contributed by atoms with Crippen LogP contribution < -0.4 is 11.4 Å². The molecule has 96 valence electrons. The molecule has 1 aromatic carbocycles. The molecule has 0 atom stereocenters. The molecule has 0 aliphatic heterocycles. The van der Waals surface area contributed by atoms with Crippen LogP contribution in [0.3, 0.4) is 0 Å². The fourth-order valence-corrected chi connectivity index (χ4v) is 2.12. The molecule has 5 nitrogen and oxygen atoms in total. The normalized spacial score (nSPS) is 11.0. The SMILES string of the molecule is Nc1cc(Cl)ccc1Cn1nc2ccccn2c1=O. The summed E-state index contributed by atoms with van der Waals surface area (Å²) >= 11 is 5.85. The smallest absolute Gasteiger partial charge is 0.350 e. The molecule has 0 saturated heterocycles. The zero-order chi connectivity index (χ0) is 13.4. The Balaban J connectivity index is 2.06. The van der Waals surface area contributed by atoms with Crippen molar-refractivity contribution in [1.29, 1.82) is 0 Å². The second-order valence-corrected chi connectivity index (χ2v) is 4.65. The van der Waals surface area contributed by atoms with E-state index in [9.17, 15) is 4.79 Å². The molecular weight excluding hydrogens is 264 g/mol. The third-order valence-corrected chi connectivity index (χ3v) is 3.15. The summed E-state index contributed by atoms with van der Waals surface area (Å²) < 4.78 is 2.88. The third-order valence-electron chi connectivity index (χ3n) is 2.92. The van der Waals surface area contributed by atoms with E-state index in [1.807, 2.05) is 6.07 Å². The van der Waals surface area contributed by atoms with E-state index >= 15 is 0 Å². The van der Waals surface area contributed by atoms with Crippen LogP contribution in [-0.4, -0.2) is 14.2 Å². The Morgan fingerprint density at radius 3 is 2.84 bits per heavy atom. The van der Waals surface area contributed by atoms with Gasteiger partial charge >= 0.3 is 5.69 Å². The van der Waals surface area contributed by atoms with Crippen LogP contribution in [0.4, 0.5) is 5.69 Å². The number of anilines is 1. The number of nitrogen functional groups attached to an aromatic ring is 1. The monoisotopic (exact) mass is 274 g/mol. The second kappa shape index (κ2) is 4.44. The molecule has 0 aliphatic carbocycles. The lowest BCUT2D eigenvalue weighted by Gasteiger charge is -2.04. The lowest BCUT2D eigenvalue weighted by Crippen LogP contribution is -2.22. The molecule has 3 rings (SSSR count). The quantitative estimate of drug-likeness (QED) is 0.725. The van der Waals surface area contributed by atoms with Gasteiger partial charge in [0.25, 0.3) is 0 Å². The van der Waals surface area contributed by atoms with E-state index in [0.29, 0.717) is 22.9 Å². The number of pyridine rings is 1. The summed E-state index contributed by atoms with van der Waals surface area (Å²) in [5.74, 6) is 0. The van der Waals surface area contributed by atoms with E-state index in [-0.39, 0.29) is 5.69 Å². The molecule has 0 radical (unpaired) electrons. The molecule has 0 fully saturated rings. The van der Waals surface area contributed by atoms with E-state index in [2.05, 4.69) is 5.10 Å². The molecule has 3 aromatic rings.